The molecule has 0 aromatic rings. The summed E-state index contributed by atoms with van der Waals surface area (Å²) in [6.07, 6.45) is 53.5. The predicted octanol–water partition coefficient (Wildman–Crippen LogP) is 12.4. The number of aliphatic carboxylic acids is 1. The highest BCUT2D eigenvalue weighted by atomic mass is 31.2. The number of carboxylic acid groups (broad SMARTS) is 1. The molecule has 10 nitrogen and oxygen atoms in total. The van der Waals surface area contributed by atoms with Crippen LogP contribution in [-0.2, 0) is 32.7 Å². The Morgan fingerprint density at radius 1 is 0.569 bits per heavy atom. The van der Waals surface area contributed by atoms with Crippen molar-refractivity contribution in [2.24, 2.45) is 5.73 Å². The van der Waals surface area contributed by atoms with Gasteiger partial charge in [-0.2, -0.15) is 0 Å². The Morgan fingerprint density at radius 3 is 1.52 bits per heavy atom. The van der Waals surface area contributed by atoms with Crippen LogP contribution in [0.1, 0.15) is 162 Å². The van der Waals surface area contributed by atoms with Crippen LogP contribution in [-0.4, -0.2) is 60.5 Å². The summed E-state index contributed by atoms with van der Waals surface area (Å²) >= 11 is 0. The van der Waals surface area contributed by atoms with E-state index in [1.165, 1.54) is 19.3 Å². The highest BCUT2D eigenvalue weighted by molar-refractivity contribution is 7.47. The minimum atomic E-state index is -4.63. The van der Waals surface area contributed by atoms with E-state index in [1.54, 1.807) is 0 Å². The van der Waals surface area contributed by atoms with Crippen LogP contribution in [0.25, 0.3) is 0 Å². The SMILES string of the molecule is CC/C=C\C/C=C\C/C=C\C/C=C\C/C=C\C/C=C\CCCCCCCOCC(COP(=O)(O)OCC(N)C(=O)O)OC(=O)CCCCCCC/C=C\CCCCC. The van der Waals surface area contributed by atoms with E-state index in [-0.39, 0.29) is 13.0 Å². The molecule has 332 valence electrons. The van der Waals surface area contributed by atoms with Crippen molar-refractivity contribution in [3.8, 4) is 0 Å². The van der Waals surface area contributed by atoms with Crippen molar-refractivity contribution in [2.45, 2.75) is 174 Å². The number of carbonyl (C=O) groups excluding carboxylic acids is 1. The molecule has 58 heavy (non-hydrogen) atoms. The van der Waals surface area contributed by atoms with E-state index in [0.717, 1.165) is 116 Å². The number of hydrogen-bond acceptors (Lipinski definition) is 8. The normalized spacial score (nSPS) is 14.7. The zero-order chi connectivity index (χ0) is 42.6. The second-order valence-electron chi connectivity index (χ2n) is 14.4. The van der Waals surface area contributed by atoms with Crippen LogP contribution in [0.3, 0.4) is 0 Å². The van der Waals surface area contributed by atoms with Crippen LogP contribution < -0.4 is 5.73 Å². The Hall–Kier alpha value is -2.85. The summed E-state index contributed by atoms with van der Waals surface area (Å²) in [5.74, 6) is -1.81. The lowest BCUT2D eigenvalue weighted by Gasteiger charge is -2.20. The quantitative estimate of drug-likeness (QED) is 0.0235. The number of phosphoric ester groups is 1. The summed E-state index contributed by atoms with van der Waals surface area (Å²) in [5.41, 5.74) is 5.35. The lowest BCUT2D eigenvalue weighted by atomic mass is 10.1. The third-order valence-corrected chi connectivity index (χ3v) is 9.86. The highest BCUT2D eigenvalue weighted by Gasteiger charge is 2.27. The van der Waals surface area contributed by atoms with Gasteiger partial charge in [-0.05, 0) is 89.9 Å². The van der Waals surface area contributed by atoms with E-state index in [1.807, 2.05) is 0 Å². The van der Waals surface area contributed by atoms with Crippen molar-refractivity contribution in [1.29, 1.82) is 0 Å². The van der Waals surface area contributed by atoms with Gasteiger partial charge in [0.05, 0.1) is 19.8 Å². The van der Waals surface area contributed by atoms with Crippen LogP contribution in [0.4, 0.5) is 0 Å². The molecule has 0 aromatic carbocycles. The molecule has 0 fully saturated rings. The molecule has 0 spiro atoms. The number of unbranched alkanes of at least 4 members (excludes halogenated alkanes) is 13. The van der Waals surface area contributed by atoms with E-state index < -0.39 is 45.1 Å². The molecule has 0 aromatic heterocycles. The van der Waals surface area contributed by atoms with Crippen LogP contribution in [0.5, 0.6) is 0 Å². The van der Waals surface area contributed by atoms with Crippen LogP contribution >= 0.6 is 7.82 Å². The number of hydrogen-bond donors (Lipinski definition) is 3. The molecule has 0 bridgehead atoms. The van der Waals surface area contributed by atoms with Gasteiger partial charge in [0.15, 0.2) is 0 Å². The second-order valence-corrected chi connectivity index (χ2v) is 15.9. The van der Waals surface area contributed by atoms with Gasteiger partial charge in [0, 0.05) is 13.0 Å². The topological polar surface area (TPSA) is 155 Å². The maximum absolute atomic E-state index is 12.6. The molecule has 0 aliphatic carbocycles. The Kier molecular flexibility index (Phi) is 40.2. The number of esters is 1. The summed E-state index contributed by atoms with van der Waals surface area (Å²) in [4.78, 5) is 33.5. The zero-order valence-electron chi connectivity index (χ0n) is 36.1. The fraction of sp³-hybridized carbons (Fsp3) is 0.660. The van der Waals surface area contributed by atoms with E-state index in [9.17, 15) is 19.0 Å². The van der Waals surface area contributed by atoms with Gasteiger partial charge >= 0.3 is 19.8 Å². The van der Waals surface area contributed by atoms with Gasteiger partial charge in [0.2, 0.25) is 0 Å². The number of phosphoric acid groups is 1. The van der Waals surface area contributed by atoms with Gasteiger partial charge in [-0.1, -0.05) is 150 Å². The zero-order valence-corrected chi connectivity index (χ0v) is 37.0. The maximum Gasteiger partial charge on any atom is 0.472 e. The van der Waals surface area contributed by atoms with Crippen molar-refractivity contribution in [2.75, 3.05) is 26.4 Å². The predicted molar refractivity (Wildman–Crippen MR) is 240 cm³/mol. The third-order valence-electron chi connectivity index (χ3n) is 8.91. The lowest BCUT2D eigenvalue weighted by Crippen LogP contribution is -2.34. The maximum atomic E-state index is 12.6. The molecule has 0 heterocycles. The first kappa shape index (κ1) is 55.2. The van der Waals surface area contributed by atoms with Crippen molar-refractivity contribution in [3.63, 3.8) is 0 Å². The first-order chi connectivity index (χ1) is 28.2. The molecule has 0 radical (unpaired) electrons. The summed E-state index contributed by atoms with van der Waals surface area (Å²) in [6, 6.07) is -1.48. The minimum absolute atomic E-state index is 0.00494. The molecule has 4 N–H and O–H groups in total. The number of rotatable bonds is 41. The molecular weight excluding hydrogens is 753 g/mol. The van der Waals surface area contributed by atoms with Gasteiger partial charge in [0.25, 0.3) is 0 Å². The van der Waals surface area contributed by atoms with Crippen molar-refractivity contribution < 1.29 is 42.7 Å². The van der Waals surface area contributed by atoms with Crippen molar-refractivity contribution in [1.82, 2.24) is 0 Å². The summed E-state index contributed by atoms with van der Waals surface area (Å²) in [7, 11) is -4.63. The highest BCUT2D eigenvalue weighted by Crippen LogP contribution is 2.43. The molecule has 0 rings (SSSR count). The molecule has 0 aliphatic rings. The molecule has 3 unspecified atom stereocenters. The molecule has 0 saturated carbocycles. The number of carbonyl (C=O) groups is 2. The van der Waals surface area contributed by atoms with E-state index >= 15 is 0 Å². The standard InChI is InChI=1S/C47H80NO9P/c1-3-5-7-9-11-13-15-17-18-19-20-21-22-23-24-25-26-27-28-30-32-34-36-38-40-54-41-44(42-55-58(52,53)56-43-45(48)47(50)51)57-46(49)39-37-35-33-31-29-16-14-12-10-8-6-4-2/h5,7,11-14,17-18,20-21,23-24,26-27,44-45H,3-4,6,8-10,15-16,19,22,25,28-43,48H2,1-2H3,(H,50,51)(H,52,53)/b7-5-,13-11-,14-12-,18-17-,21-20-,24-23-,27-26-. The first-order valence-corrected chi connectivity index (χ1v) is 23.6. The van der Waals surface area contributed by atoms with Crippen LogP contribution in [0.15, 0.2) is 85.1 Å². The number of nitrogens with two attached hydrogens (primary N) is 1. The van der Waals surface area contributed by atoms with Gasteiger partial charge in [-0.15, -0.1) is 0 Å². The Balaban J connectivity index is 4.25. The van der Waals surface area contributed by atoms with Crippen LogP contribution in [0, 0.1) is 0 Å². The van der Waals surface area contributed by atoms with Gasteiger partial charge in [-0.3, -0.25) is 18.6 Å². The number of carboxylic acids is 1. The van der Waals surface area contributed by atoms with E-state index in [4.69, 9.17) is 29.4 Å². The van der Waals surface area contributed by atoms with Crippen molar-refractivity contribution in [3.05, 3.63) is 85.1 Å². The Morgan fingerprint density at radius 2 is 1.00 bits per heavy atom. The third kappa shape index (κ3) is 41.3. The summed E-state index contributed by atoms with van der Waals surface area (Å²) < 4.78 is 33.3. The summed E-state index contributed by atoms with van der Waals surface area (Å²) in [5, 5.41) is 8.89. The molecule has 0 amide bonds. The lowest BCUT2D eigenvalue weighted by molar-refractivity contribution is -0.154. The van der Waals surface area contributed by atoms with Gasteiger partial charge in [-0.25, -0.2) is 4.57 Å². The fourth-order valence-corrected chi connectivity index (χ4v) is 6.26. The molecule has 3 atom stereocenters. The second kappa shape index (κ2) is 42.3. The first-order valence-electron chi connectivity index (χ1n) is 22.1. The monoisotopic (exact) mass is 834 g/mol. The minimum Gasteiger partial charge on any atom is -0.480 e. The van der Waals surface area contributed by atoms with Gasteiger partial charge < -0.3 is 25.2 Å². The molecular formula is C47H80NO9P. The molecule has 0 saturated heterocycles. The smallest absolute Gasteiger partial charge is 0.472 e. The number of ether oxygens (including phenoxy) is 2. The average molecular weight is 834 g/mol. The van der Waals surface area contributed by atoms with Crippen LogP contribution in [0.2, 0.25) is 0 Å². The van der Waals surface area contributed by atoms with E-state index in [2.05, 4.69) is 98.9 Å². The fourth-order valence-electron chi connectivity index (χ4n) is 5.48. The molecule has 11 heteroatoms. The van der Waals surface area contributed by atoms with E-state index in [0.29, 0.717) is 13.0 Å². The molecule has 0 aliphatic heterocycles. The largest absolute Gasteiger partial charge is 0.480 e. The average Bonchev–Trinajstić information content (AvgIpc) is 3.20. The summed E-state index contributed by atoms with van der Waals surface area (Å²) in [6.45, 7) is 3.66. The van der Waals surface area contributed by atoms with Crippen molar-refractivity contribution >= 4 is 19.8 Å². The Labute approximate surface area is 352 Å². The van der Waals surface area contributed by atoms with Gasteiger partial charge in [0.1, 0.15) is 12.1 Å². The number of allylic oxidation sites excluding steroid dienone is 14. The Bertz CT molecular complexity index is 1240.